The summed E-state index contributed by atoms with van der Waals surface area (Å²) >= 11 is 0. The molecule has 1 aliphatic heterocycles. The van der Waals surface area contributed by atoms with Crippen molar-refractivity contribution in [2.75, 3.05) is 18.8 Å². The van der Waals surface area contributed by atoms with Crippen LogP contribution in [-0.4, -0.2) is 55.6 Å². The molecule has 1 aromatic rings. The molecule has 0 aromatic heterocycles. The zero-order valence-electron chi connectivity index (χ0n) is 15.3. The summed E-state index contributed by atoms with van der Waals surface area (Å²) in [5.41, 5.74) is 1.16. The fourth-order valence-corrected chi connectivity index (χ4v) is 4.93. The number of nitrogens with one attached hydrogen (secondary N) is 1. The van der Waals surface area contributed by atoms with E-state index < -0.39 is 9.84 Å². The first-order valence-electron chi connectivity index (χ1n) is 9.40. The first-order chi connectivity index (χ1) is 12.5. The number of carbonyl (C=O) groups excluding carboxylic acids is 1. The molecule has 1 saturated carbocycles. The maximum absolute atomic E-state index is 12.3. The summed E-state index contributed by atoms with van der Waals surface area (Å²) in [6.07, 6.45) is 2.94. The van der Waals surface area contributed by atoms with Gasteiger partial charge in [0.25, 0.3) is 0 Å². The van der Waals surface area contributed by atoms with Gasteiger partial charge in [-0.3, -0.25) is 0 Å². The molecule has 1 aliphatic carbocycles. The standard InChI is InChI=1S/C19H28N2O4S/c1-2-26(23,24)18-8-10-21(11-9-18)19(22)20-16-12-17(13-16)25-14-15-6-4-3-5-7-15/h3-7,16-18H,2,8-14H2,1H3,(H,20,22). The topological polar surface area (TPSA) is 75.7 Å². The van der Waals surface area contributed by atoms with Crippen LogP contribution in [0.25, 0.3) is 0 Å². The molecule has 144 valence electrons. The van der Waals surface area contributed by atoms with Crippen molar-refractivity contribution in [2.45, 2.75) is 56.6 Å². The summed E-state index contributed by atoms with van der Waals surface area (Å²) in [5, 5.41) is 2.74. The lowest BCUT2D eigenvalue weighted by atomic mass is 9.89. The van der Waals surface area contributed by atoms with Crippen LogP contribution < -0.4 is 5.32 Å². The molecule has 26 heavy (non-hydrogen) atoms. The molecule has 2 fully saturated rings. The number of hydrogen-bond donors (Lipinski definition) is 1. The molecular weight excluding hydrogens is 352 g/mol. The van der Waals surface area contributed by atoms with Gasteiger partial charge in [-0.05, 0) is 31.2 Å². The molecule has 7 heteroatoms. The highest BCUT2D eigenvalue weighted by Crippen LogP contribution is 2.25. The van der Waals surface area contributed by atoms with Crippen molar-refractivity contribution in [3.8, 4) is 0 Å². The van der Waals surface area contributed by atoms with Crippen molar-refractivity contribution in [2.24, 2.45) is 0 Å². The average Bonchev–Trinajstić information content (AvgIpc) is 2.64. The van der Waals surface area contributed by atoms with Crippen molar-refractivity contribution >= 4 is 15.9 Å². The molecule has 6 nitrogen and oxygen atoms in total. The van der Waals surface area contributed by atoms with Gasteiger partial charge >= 0.3 is 6.03 Å². The normalized spacial score (nSPS) is 24.1. The fraction of sp³-hybridized carbons (Fsp3) is 0.632. The number of benzene rings is 1. The lowest BCUT2D eigenvalue weighted by molar-refractivity contribution is -0.0249. The van der Waals surface area contributed by atoms with Gasteiger partial charge in [0.2, 0.25) is 0 Å². The van der Waals surface area contributed by atoms with Crippen LogP contribution in [0.2, 0.25) is 0 Å². The highest BCUT2D eigenvalue weighted by molar-refractivity contribution is 7.92. The van der Waals surface area contributed by atoms with Gasteiger partial charge in [0.15, 0.2) is 9.84 Å². The van der Waals surface area contributed by atoms with E-state index in [2.05, 4.69) is 5.32 Å². The Bertz CT molecular complexity index is 694. The Hall–Kier alpha value is -1.60. The zero-order chi connectivity index (χ0) is 18.6. The van der Waals surface area contributed by atoms with Crippen molar-refractivity contribution in [1.82, 2.24) is 10.2 Å². The quantitative estimate of drug-likeness (QED) is 0.822. The van der Waals surface area contributed by atoms with Gasteiger partial charge in [-0.2, -0.15) is 0 Å². The number of urea groups is 1. The number of ether oxygens (including phenoxy) is 1. The summed E-state index contributed by atoms with van der Waals surface area (Å²) in [4.78, 5) is 14.1. The molecule has 2 aliphatic rings. The van der Waals surface area contributed by atoms with Gasteiger partial charge in [0, 0.05) is 24.9 Å². The molecule has 0 spiro atoms. The third kappa shape index (κ3) is 4.76. The summed E-state index contributed by atoms with van der Waals surface area (Å²) in [5.74, 6) is 0.177. The molecule has 1 saturated heterocycles. The minimum atomic E-state index is -3.00. The number of hydrogen-bond acceptors (Lipinski definition) is 4. The minimum absolute atomic E-state index is 0.0798. The maximum atomic E-state index is 12.3. The van der Waals surface area contributed by atoms with Crippen molar-refractivity contribution in [3.05, 3.63) is 35.9 Å². The van der Waals surface area contributed by atoms with Crippen LogP contribution in [0, 0.1) is 0 Å². The second-order valence-electron chi connectivity index (χ2n) is 7.17. The number of nitrogens with zero attached hydrogens (tertiary/aromatic N) is 1. The molecule has 3 rings (SSSR count). The zero-order valence-corrected chi connectivity index (χ0v) is 16.1. The molecule has 1 heterocycles. The minimum Gasteiger partial charge on any atom is -0.373 e. The number of likely N-dealkylation sites (tertiary alicyclic amines) is 1. The lowest BCUT2D eigenvalue weighted by Crippen LogP contribution is -2.54. The van der Waals surface area contributed by atoms with Gasteiger partial charge in [-0.15, -0.1) is 0 Å². The summed E-state index contributed by atoms with van der Waals surface area (Å²) in [7, 11) is -3.00. The Balaban J connectivity index is 1.34. The predicted octanol–water partition coefficient (Wildman–Crippen LogP) is 2.34. The fourth-order valence-electron chi connectivity index (χ4n) is 3.53. The van der Waals surface area contributed by atoms with E-state index in [1.807, 2.05) is 30.3 Å². The molecule has 0 radical (unpaired) electrons. The van der Waals surface area contributed by atoms with Gasteiger partial charge in [0.05, 0.1) is 18.0 Å². The number of amides is 2. The van der Waals surface area contributed by atoms with Crippen LogP contribution in [0.15, 0.2) is 30.3 Å². The number of sulfone groups is 1. The molecule has 1 N–H and O–H groups in total. The van der Waals surface area contributed by atoms with E-state index in [9.17, 15) is 13.2 Å². The second-order valence-corrected chi connectivity index (χ2v) is 9.74. The van der Waals surface area contributed by atoms with Gasteiger partial charge in [-0.1, -0.05) is 37.3 Å². The van der Waals surface area contributed by atoms with Crippen LogP contribution in [0.4, 0.5) is 4.79 Å². The summed E-state index contributed by atoms with van der Waals surface area (Å²) in [6, 6.07) is 10.1. The lowest BCUT2D eigenvalue weighted by Gasteiger charge is -2.38. The van der Waals surface area contributed by atoms with Crippen LogP contribution in [0.1, 0.15) is 38.2 Å². The molecule has 1 aromatic carbocycles. The van der Waals surface area contributed by atoms with E-state index in [4.69, 9.17) is 4.74 Å². The third-order valence-electron chi connectivity index (χ3n) is 5.39. The molecular formula is C19H28N2O4S. The van der Waals surface area contributed by atoms with Gasteiger partial charge in [0.1, 0.15) is 0 Å². The Morgan fingerprint density at radius 3 is 2.46 bits per heavy atom. The largest absolute Gasteiger partial charge is 0.373 e. The number of carbonyl (C=O) groups is 1. The Labute approximate surface area is 155 Å². The Morgan fingerprint density at radius 2 is 1.85 bits per heavy atom. The highest BCUT2D eigenvalue weighted by Gasteiger charge is 2.34. The monoisotopic (exact) mass is 380 g/mol. The second kappa shape index (κ2) is 8.39. The van der Waals surface area contributed by atoms with E-state index in [0.29, 0.717) is 32.5 Å². The van der Waals surface area contributed by atoms with Crippen molar-refractivity contribution < 1.29 is 17.9 Å². The first kappa shape index (κ1) is 19.2. The highest BCUT2D eigenvalue weighted by atomic mass is 32.2. The van der Waals surface area contributed by atoms with E-state index in [0.717, 1.165) is 18.4 Å². The Kier molecular flexibility index (Phi) is 6.19. The molecule has 0 atom stereocenters. The van der Waals surface area contributed by atoms with Crippen LogP contribution in [0.3, 0.4) is 0 Å². The van der Waals surface area contributed by atoms with Gasteiger partial charge < -0.3 is 15.0 Å². The van der Waals surface area contributed by atoms with Gasteiger partial charge in [-0.25, -0.2) is 13.2 Å². The van der Waals surface area contributed by atoms with Crippen LogP contribution in [0.5, 0.6) is 0 Å². The number of piperidine rings is 1. The van der Waals surface area contributed by atoms with E-state index in [1.165, 1.54) is 0 Å². The Morgan fingerprint density at radius 1 is 1.19 bits per heavy atom. The SMILES string of the molecule is CCS(=O)(=O)C1CCN(C(=O)NC2CC(OCc3ccccc3)C2)CC1. The van der Waals surface area contributed by atoms with E-state index in [1.54, 1.807) is 11.8 Å². The van der Waals surface area contributed by atoms with Crippen LogP contribution >= 0.6 is 0 Å². The van der Waals surface area contributed by atoms with Crippen molar-refractivity contribution in [3.63, 3.8) is 0 Å². The number of rotatable bonds is 6. The maximum Gasteiger partial charge on any atom is 0.317 e. The summed E-state index contributed by atoms with van der Waals surface area (Å²) < 4.78 is 29.7. The van der Waals surface area contributed by atoms with Crippen LogP contribution in [-0.2, 0) is 21.2 Å². The molecule has 2 amide bonds. The molecule has 0 unspecified atom stereocenters. The van der Waals surface area contributed by atoms with E-state index >= 15 is 0 Å². The predicted molar refractivity (Wildman–Crippen MR) is 101 cm³/mol. The van der Waals surface area contributed by atoms with E-state index in [-0.39, 0.29) is 29.2 Å². The third-order valence-corrected chi connectivity index (χ3v) is 7.68. The average molecular weight is 381 g/mol. The van der Waals surface area contributed by atoms with Crippen molar-refractivity contribution in [1.29, 1.82) is 0 Å². The smallest absolute Gasteiger partial charge is 0.317 e. The summed E-state index contributed by atoms with van der Waals surface area (Å²) in [6.45, 7) is 3.31. The molecule has 0 bridgehead atoms. The first-order valence-corrected chi connectivity index (χ1v) is 11.1.